The van der Waals surface area contributed by atoms with Gasteiger partial charge in [0.1, 0.15) is 27.9 Å². The Kier molecular flexibility index (Phi) is 8.75. The summed E-state index contributed by atoms with van der Waals surface area (Å²) in [4.78, 5) is 28.8. The van der Waals surface area contributed by atoms with E-state index in [-0.39, 0.29) is 24.5 Å². The first kappa shape index (κ1) is 24.9. The zero-order valence-corrected chi connectivity index (χ0v) is 19.9. The Balaban J connectivity index is 1.86. The number of benzene rings is 2. The molecule has 0 fully saturated rings. The fourth-order valence-electron chi connectivity index (χ4n) is 2.91. The number of thioether (sulfide) groups is 1. The van der Waals surface area contributed by atoms with Gasteiger partial charge < -0.3 is 24.1 Å². The van der Waals surface area contributed by atoms with E-state index in [4.69, 9.17) is 14.2 Å². The Morgan fingerprint density at radius 1 is 0.971 bits per heavy atom. The summed E-state index contributed by atoms with van der Waals surface area (Å²) in [5, 5.41) is 11.1. The van der Waals surface area contributed by atoms with Crippen LogP contribution in [0, 0.1) is 0 Å². The van der Waals surface area contributed by atoms with E-state index >= 15 is 0 Å². The van der Waals surface area contributed by atoms with E-state index in [1.807, 2.05) is 6.92 Å². The summed E-state index contributed by atoms with van der Waals surface area (Å²) in [6.07, 6.45) is 1.73. The van der Waals surface area contributed by atoms with Gasteiger partial charge >= 0.3 is 11.9 Å². The van der Waals surface area contributed by atoms with E-state index in [0.717, 1.165) is 5.56 Å². The smallest absolute Gasteiger partial charge is 0.344 e. The summed E-state index contributed by atoms with van der Waals surface area (Å²) in [6.45, 7) is 4.13. The number of aliphatic hydroxyl groups is 1. The van der Waals surface area contributed by atoms with Crippen molar-refractivity contribution >= 4 is 40.5 Å². The minimum atomic E-state index is -0.646. The molecule has 3 rings (SSSR count). The van der Waals surface area contributed by atoms with Gasteiger partial charge in [0.25, 0.3) is 0 Å². The van der Waals surface area contributed by atoms with Crippen molar-refractivity contribution in [1.29, 1.82) is 0 Å². The van der Waals surface area contributed by atoms with E-state index < -0.39 is 11.9 Å². The van der Waals surface area contributed by atoms with Crippen molar-refractivity contribution in [1.82, 2.24) is 0 Å². The Hall–Kier alpha value is -3.72. The van der Waals surface area contributed by atoms with Gasteiger partial charge in [-0.1, -0.05) is 23.9 Å². The molecular formula is C25H25NO7S. The zero-order valence-electron chi connectivity index (χ0n) is 19.1. The van der Waals surface area contributed by atoms with Crippen molar-refractivity contribution in [3.63, 3.8) is 0 Å². The molecule has 178 valence electrons. The molecule has 0 saturated heterocycles. The molecule has 0 saturated carbocycles. The van der Waals surface area contributed by atoms with Crippen LogP contribution in [0.3, 0.4) is 0 Å². The first-order valence-electron chi connectivity index (χ1n) is 10.6. The highest BCUT2D eigenvalue weighted by Crippen LogP contribution is 2.40. The van der Waals surface area contributed by atoms with Crippen LogP contribution in [0.2, 0.25) is 0 Å². The number of ether oxygens (including phenoxy) is 4. The van der Waals surface area contributed by atoms with Crippen LogP contribution in [0.25, 0.3) is 6.08 Å². The molecule has 0 unspecified atom stereocenters. The first-order valence-corrected chi connectivity index (χ1v) is 11.4. The molecule has 2 aromatic carbocycles. The minimum absolute atomic E-state index is 0.0185. The second-order valence-electron chi connectivity index (χ2n) is 6.83. The summed E-state index contributed by atoms with van der Waals surface area (Å²) in [5.74, 6) is -0.105. The number of hydrogen-bond donors (Lipinski definition) is 1. The number of carbonyl (C=O) groups is 2. The number of aliphatic hydroxyl groups excluding tert-OH is 1. The topological polar surface area (TPSA) is 104 Å². The average molecular weight is 484 g/mol. The molecule has 1 N–H and O–H groups in total. The monoisotopic (exact) mass is 483 g/mol. The molecule has 0 aliphatic carbocycles. The van der Waals surface area contributed by atoms with Crippen molar-refractivity contribution in [2.24, 2.45) is 4.99 Å². The van der Waals surface area contributed by atoms with Crippen LogP contribution >= 0.6 is 11.8 Å². The molecule has 34 heavy (non-hydrogen) atoms. The van der Waals surface area contributed by atoms with Gasteiger partial charge in [0.05, 0.1) is 30.9 Å². The fourth-order valence-corrected chi connectivity index (χ4v) is 3.94. The van der Waals surface area contributed by atoms with Crippen LogP contribution in [-0.2, 0) is 19.1 Å². The molecule has 0 aromatic heterocycles. The summed E-state index contributed by atoms with van der Waals surface area (Å²) in [6, 6.07) is 14.0. The third-order valence-corrected chi connectivity index (χ3v) is 5.53. The third kappa shape index (κ3) is 6.41. The van der Waals surface area contributed by atoms with Gasteiger partial charge in [-0.15, -0.1) is 0 Å². The average Bonchev–Trinajstić information content (AvgIpc) is 3.14. The molecule has 0 amide bonds. The van der Waals surface area contributed by atoms with Gasteiger partial charge in [0.15, 0.2) is 6.61 Å². The van der Waals surface area contributed by atoms with Gasteiger partial charge in [-0.3, -0.25) is 0 Å². The van der Waals surface area contributed by atoms with Gasteiger partial charge in [0.2, 0.25) is 0 Å². The lowest BCUT2D eigenvalue weighted by molar-refractivity contribution is -0.143. The van der Waals surface area contributed by atoms with Crippen LogP contribution in [0.15, 0.2) is 69.8 Å². The number of esters is 2. The molecule has 8 nitrogen and oxygen atoms in total. The highest BCUT2D eigenvalue weighted by atomic mass is 32.2. The maximum atomic E-state index is 12.6. The Bertz CT molecular complexity index is 1120. The molecule has 0 radical (unpaired) electrons. The van der Waals surface area contributed by atoms with Gasteiger partial charge in [-0.25, -0.2) is 14.6 Å². The summed E-state index contributed by atoms with van der Waals surface area (Å²) in [5.41, 5.74) is 1.38. The minimum Gasteiger partial charge on any atom is -0.506 e. The number of aliphatic imine (C=N–C) groups is 1. The quantitative estimate of drug-likeness (QED) is 0.506. The molecule has 0 bridgehead atoms. The Morgan fingerprint density at radius 2 is 1.62 bits per heavy atom. The maximum Gasteiger partial charge on any atom is 0.344 e. The van der Waals surface area contributed by atoms with Crippen molar-refractivity contribution in [2.45, 2.75) is 13.8 Å². The van der Waals surface area contributed by atoms with Gasteiger partial charge in [0, 0.05) is 0 Å². The summed E-state index contributed by atoms with van der Waals surface area (Å²) in [7, 11) is 1.29. The molecule has 1 aliphatic rings. The summed E-state index contributed by atoms with van der Waals surface area (Å²) < 4.78 is 20.5. The van der Waals surface area contributed by atoms with Crippen molar-refractivity contribution < 1.29 is 33.6 Å². The van der Waals surface area contributed by atoms with E-state index in [1.165, 1.54) is 18.9 Å². The number of methoxy groups -OCH3 is 1. The second kappa shape index (κ2) is 11.9. The molecule has 2 aromatic rings. The van der Waals surface area contributed by atoms with E-state index in [2.05, 4.69) is 9.73 Å². The largest absolute Gasteiger partial charge is 0.506 e. The van der Waals surface area contributed by atoms with Gasteiger partial charge in [-0.2, -0.15) is 0 Å². The lowest BCUT2D eigenvalue weighted by atomic mass is 10.1. The predicted octanol–water partition coefficient (Wildman–Crippen LogP) is 4.83. The zero-order chi connectivity index (χ0) is 24.5. The Morgan fingerprint density at radius 3 is 2.24 bits per heavy atom. The summed E-state index contributed by atoms with van der Waals surface area (Å²) >= 11 is 1.17. The number of rotatable bonds is 9. The lowest BCUT2D eigenvalue weighted by Crippen LogP contribution is -2.12. The van der Waals surface area contributed by atoms with Crippen molar-refractivity contribution in [2.75, 3.05) is 26.9 Å². The van der Waals surface area contributed by atoms with E-state index in [9.17, 15) is 14.7 Å². The normalized spacial score (nSPS) is 15.5. The van der Waals surface area contributed by atoms with E-state index in [1.54, 1.807) is 61.5 Å². The number of nitrogens with zero attached hydrogens (tertiary/aromatic N) is 1. The molecule has 1 aliphatic heterocycles. The standard InChI is InChI=1S/C25H25NO7S/c1-4-31-18-12-8-17(9-13-18)26-24-22(25(29)32-5-2)23(28)20(34-24)14-16-6-10-19(11-7-16)33-15-21(27)30-3/h6-14,28H,4-5,15H2,1-3H3/b20-14+,26-24?. The Labute approximate surface area is 201 Å². The van der Waals surface area contributed by atoms with Crippen LogP contribution < -0.4 is 9.47 Å². The van der Waals surface area contributed by atoms with Crippen LogP contribution in [0.5, 0.6) is 11.5 Å². The molecule has 1 heterocycles. The molecule has 0 atom stereocenters. The van der Waals surface area contributed by atoms with Crippen molar-refractivity contribution in [3.05, 3.63) is 70.3 Å². The molecule has 9 heteroatoms. The first-order chi connectivity index (χ1) is 16.4. The highest BCUT2D eigenvalue weighted by molar-refractivity contribution is 8.18. The maximum absolute atomic E-state index is 12.6. The second-order valence-corrected chi connectivity index (χ2v) is 7.86. The fraction of sp³-hybridized carbons (Fsp3) is 0.240. The van der Waals surface area contributed by atoms with Crippen molar-refractivity contribution in [3.8, 4) is 11.5 Å². The lowest BCUT2D eigenvalue weighted by Gasteiger charge is -2.05. The predicted molar refractivity (Wildman–Crippen MR) is 131 cm³/mol. The van der Waals surface area contributed by atoms with Crippen LogP contribution in [-0.4, -0.2) is 49.0 Å². The molecule has 0 spiro atoms. The number of carbonyl (C=O) groups excluding carboxylic acids is 2. The van der Waals surface area contributed by atoms with Gasteiger partial charge in [-0.05, 0) is 61.9 Å². The van der Waals surface area contributed by atoms with Crippen LogP contribution in [0.4, 0.5) is 5.69 Å². The highest BCUT2D eigenvalue weighted by Gasteiger charge is 2.33. The molecular weight excluding hydrogens is 458 g/mol. The number of hydrogen-bond acceptors (Lipinski definition) is 9. The van der Waals surface area contributed by atoms with Crippen LogP contribution in [0.1, 0.15) is 19.4 Å². The third-order valence-electron chi connectivity index (χ3n) is 4.51. The SMILES string of the molecule is CCOC(=O)C1=C(O)/C(=C\c2ccc(OCC(=O)OC)cc2)SC1=Nc1ccc(OCC)cc1. The van der Waals surface area contributed by atoms with E-state index in [0.29, 0.717) is 33.7 Å².